The van der Waals surface area contributed by atoms with Crippen LogP contribution in [0, 0.1) is 5.82 Å². The highest BCUT2D eigenvalue weighted by Crippen LogP contribution is 2.11. The van der Waals surface area contributed by atoms with Gasteiger partial charge in [-0.3, -0.25) is 4.68 Å². The number of rotatable bonds is 4. The predicted octanol–water partition coefficient (Wildman–Crippen LogP) is 1.85. The zero-order valence-electron chi connectivity index (χ0n) is 10.1. The van der Waals surface area contributed by atoms with Gasteiger partial charge in [-0.05, 0) is 24.3 Å². The summed E-state index contributed by atoms with van der Waals surface area (Å²) in [7, 11) is 0. The molecule has 0 saturated heterocycles. The second-order valence-electron chi connectivity index (χ2n) is 4.09. The molecule has 3 rings (SSSR count). The predicted molar refractivity (Wildman–Crippen MR) is 67.2 cm³/mol. The molecule has 3 aromatic rings. The lowest BCUT2D eigenvalue weighted by atomic mass is 10.3. The van der Waals surface area contributed by atoms with E-state index < -0.39 is 0 Å². The minimum absolute atomic E-state index is 0.286. The quantitative estimate of drug-likeness (QED) is 0.716. The number of aryl methyl sites for hydroxylation is 2. The van der Waals surface area contributed by atoms with E-state index in [4.69, 9.17) is 0 Å². The normalized spacial score (nSPS) is 10.8. The third-order valence-electron chi connectivity index (χ3n) is 2.79. The monoisotopic (exact) mass is 257 g/mol. The molecule has 0 amide bonds. The Kier molecular flexibility index (Phi) is 3.06. The molecule has 96 valence electrons. The third kappa shape index (κ3) is 2.52. The van der Waals surface area contributed by atoms with Gasteiger partial charge >= 0.3 is 0 Å². The molecule has 0 radical (unpaired) electrons. The highest BCUT2D eigenvalue weighted by molar-refractivity contribution is 5.31. The van der Waals surface area contributed by atoms with Gasteiger partial charge < -0.3 is 0 Å². The van der Waals surface area contributed by atoms with E-state index in [-0.39, 0.29) is 5.82 Å². The van der Waals surface area contributed by atoms with Crippen LogP contribution < -0.4 is 0 Å². The summed E-state index contributed by atoms with van der Waals surface area (Å²) in [5.41, 5.74) is 0.674. The first-order valence-electron chi connectivity index (χ1n) is 5.95. The Morgan fingerprint density at radius 1 is 1.16 bits per heavy atom. The molecule has 6 heteroatoms. The van der Waals surface area contributed by atoms with Gasteiger partial charge in [-0.25, -0.2) is 14.1 Å². The van der Waals surface area contributed by atoms with Gasteiger partial charge in [-0.2, -0.15) is 10.2 Å². The number of nitrogens with zero attached hydrogens (tertiary/aromatic N) is 5. The summed E-state index contributed by atoms with van der Waals surface area (Å²) in [6, 6.07) is 8.17. The van der Waals surface area contributed by atoms with E-state index in [0.717, 1.165) is 5.82 Å². The van der Waals surface area contributed by atoms with Crippen molar-refractivity contribution in [3.8, 4) is 5.69 Å². The van der Waals surface area contributed by atoms with Crippen LogP contribution in [0.4, 0.5) is 4.39 Å². The molecule has 0 unspecified atom stereocenters. The topological polar surface area (TPSA) is 48.5 Å². The van der Waals surface area contributed by atoms with Crippen molar-refractivity contribution in [3.63, 3.8) is 0 Å². The second kappa shape index (κ2) is 5.01. The minimum Gasteiger partial charge on any atom is -0.272 e. The van der Waals surface area contributed by atoms with E-state index in [1.807, 2.05) is 16.9 Å². The number of halogens is 1. The minimum atomic E-state index is -0.286. The van der Waals surface area contributed by atoms with E-state index in [1.165, 1.54) is 18.5 Å². The lowest BCUT2D eigenvalue weighted by Gasteiger charge is -2.06. The average molecular weight is 257 g/mol. The fourth-order valence-corrected chi connectivity index (χ4v) is 1.91. The lowest BCUT2D eigenvalue weighted by Crippen LogP contribution is -2.08. The number of hydrogen-bond acceptors (Lipinski definition) is 3. The molecule has 0 bridgehead atoms. The summed E-state index contributed by atoms with van der Waals surface area (Å²) >= 11 is 0. The van der Waals surface area contributed by atoms with E-state index >= 15 is 0 Å². The van der Waals surface area contributed by atoms with Gasteiger partial charge in [0.1, 0.15) is 18.0 Å². The first-order chi connectivity index (χ1) is 9.33. The first kappa shape index (κ1) is 11.6. The highest BCUT2D eigenvalue weighted by atomic mass is 19.1. The third-order valence-corrected chi connectivity index (χ3v) is 2.79. The molecule has 0 fully saturated rings. The molecule has 0 saturated carbocycles. The fraction of sp³-hybridized carbons (Fsp3) is 0.154. The molecular formula is C13H12FN5. The van der Waals surface area contributed by atoms with Crippen molar-refractivity contribution in [2.24, 2.45) is 0 Å². The van der Waals surface area contributed by atoms with Crippen molar-refractivity contribution in [2.45, 2.75) is 13.0 Å². The van der Waals surface area contributed by atoms with Gasteiger partial charge in [-0.1, -0.05) is 6.07 Å². The maximum atomic E-state index is 13.2. The van der Waals surface area contributed by atoms with Crippen molar-refractivity contribution in [1.29, 1.82) is 0 Å². The molecule has 0 aliphatic rings. The van der Waals surface area contributed by atoms with Crippen molar-refractivity contribution >= 4 is 0 Å². The van der Waals surface area contributed by atoms with E-state index in [2.05, 4.69) is 15.2 Å². The van der Waals surface area contributed by atoms with Crippen LogP contribution in [0.25, 0.3) is 5.69 Å². The van der Waals surface area contributed by atoms with Crippen molar-refractivity contribution in [3.05, 3.63) is 60.7 Å². The van der Waals surface area contributed by atoms with Crippen LogP contribution in [0.3, 0.4) is 0 Å². The number of benzene rings is 1. The van der Waals surface area contributed by atoms with Gasteiger partial charge in [0, 0.05) is 25.4 Å². The van der Waals surface area contributed by atoms with Crippen molar-refractivity contribution in [1.82, 2.24) is 24.5 Å². The van der Waals surface area contributed by atoms with E-state index in [1.54, 1.807) is 23.0 Å². The largest absolute Gasteiger partial charge is 0.272 e. The second-order valence-corrected chi connectivity index (χ2v) is 4.09. The summed E-state index contributed by atoms with van der Waals surface area (Å²) in [5.74, 6) is 0.493. The van der Waals surface area contributed by atoms with Crippen LogP contribution in [0.2, 0.25) is 0 Å². The van der Waals surface area contributed by atoms with Crippen LogP contribution in [0.15, 0.2) is 49.1 Å². The van der Waals surface area contributed by atoms with Gasteiger partial charge in [0.05, 0.1) is 5.69 Å². The standard InChI is InChI=1S/C13H12FN5/c14-11-3-1-4-12(9-11)19-13(15-10-17-19)5-8-18-7-2-6-16-18/h1-4,6-7,9-10H,5,8H2. The summed E-state index contributed by atoms with van der Waals surface area (Å²) in [5, 5.41) is 8.27. The Balaban J connectivity index is 1.82. The molecule has 2 heterocycles. The Morgan fingerprint density at radius 2 is 2.11 bits per heavy atom. The molecule has 5 nitrogen and oxygen atoms in total. The summed E-state index contributed by atoms with van der Waals surface area (Å²) in [4.78, 5) is 4.21. The van der Waals surface area contributed by atoms with Crippen molar-refractivity contribution < 1.29 is 4.39 Å². The lowest BCUT2D eigenvalue weighted by molar-refractivity contribution is 0.589. The van der Waals surface area contributed by atoms with Crippen LogP contribution in [-0.4, -0.2) is 24.5 Å². The van der Waals surface area contributed by atoms with E-state index in [0.29, 0.717) is 18.7 Å². The molecule has 0 spiro atoms. The Labute approximate surface area is 109 Å². The zero-order valence-corrected chi connectivity index (χ0v) is 10.1. The average Bonchev–Trinajstić information content (AvgIpc) is 3.08. The SMILES string of the molecule is Fc1cccc(-n2ncnc2CCn2cccn2)c1. The van der Waals surface area contributed by atoms with Crippen molar-refractivity contribution in [2.75, 3.05) is 0 Å². The smallest absolute Gasteiger partial charge is 0.138 e. The zero-order chi connectivity index (χ0) is 13.1. The Bertz CT molecular complexity index is 659. The van der Waals surface area contributed by atoms with Crippen LogP contribution in [0.5, 0.6) is 0 Å². The summed E-state index contributed by atoms with van der Waals surface area (Å²) in [6.07, 6.45) is 5.78. The Morgan fingerprint density at radius 3 is 2.89 bits per heavy atom. The summed E-state index contributed by atoms with van der Waals surface area (Å²) in [6.45, 7) is 0.709. The number of aromatic nitrogens is 5. The maximum Gasteiger partial charge on any atom is 0.138 e. The van der Waals surface area contributed by atoms with Crippen LogP contribution >= 0.6 is 0 Å². The summed E-state index contributed by atoms with van der Waals surface area (Å²) < 4.78 is 16.7. The van der Waals surface area contributed by atoms with Gasteiger partial charge in [0.2, 0.25) is 0 Å². The van der Waals surface area contributed by atoms with Gasteiger partial charge in [-0.15, -0.1) is 0 Å². The molecule has 1 aromatic carbocycles. The van der Waals surface area contributed by atoms with Gasteiger partial charge in [0.15, 0.2) is 0 Å². The molecule has 19 heavy (non-hydrogen) atoms. The molecular weight excluding hydrogens is 245 g/mol. The van der Waals surface area contributed by atoms with Crippen LogP contribution in [0.1, 0.15) is 5.82 Å². The van der Waals surface area contributed by atoms with Crippen LogP contribution in [-0.2, 0) is 13.0 Å². The molecule has 0 aliphatic carbocycles. The fourth-order valence-electron chi connectivity index (χ4n) is 1.91. The van der Waals surface area contributed by atoms with E-state index in [9.17, 15) is 4.39 Å². The molecule has 2 aromatic heterocycles. The van der Waals surface area contributed by atoms with Gasteiger partial charge in [0.25, 0.3) is 0 Å². The Hall–Kier alpha value is -2.50. The highest BCUT2D eigenvalue weighted by Gasteiger charge is 2.07. The number of hydrogen-bond donors (Lipinski definition) is 0. The molecule has 0 atom stereocenters. The molecule has 0 aliphatic heterocycles. The molecule has 0 N–H and O–H groups in total. The first-order valence-corrected chi connectivity index (χ1v) is 5.95. The maximum absolute atomic E-state index is 13.2.